The minimum absolute atomic E-state index is 0.389. The molecule has 0 radical (unpaired) electrons. The maximum atomic E-state index is 11.3. The van der Waals surface area contributed by atoms with E-state index in [9.17, 15) is 15.0 Å². The van der Waals surface area contributed by atoms with Crippen molar-refractivity contribution in [3.8, 4) is 0 Å². The van der Waals surface area contributed by atoms with E-state index in [-0.39, 0.29) is 5.54 Å². The molecule has 0 aromatic rings. The number of rotatable bonds is 1. The van der Waals surface area contributed by atoms with E-state index in [1.807, 2.05) is 0 Å². The van der Waals surface area contributed by atoms with Crippen LogP contribution in [0.5, 0.6) is 0 Å². The van der Waals surface area contributed by atoms with Crippen LogP contribution in [0.3, 0.4) is 0 Å². The molecule has 0 aromatic heterocycles. The molecule has 18 heavy (non-hydrogen) atoms. The van der Waals surface area contributed by atoms with Gasteiger partial charge in [-0.2, -0.15) is 10.1 Å². The molecule has 0 aliphatic heterocycles. The first-order chi connectivity index (χ1) is 7.63. The quantitative estimate of drug-likeness (QED) is 0.410. The van der Waals surface area contributed by atoms with Gasteiger partial charge in [-0.15, -0.1) is 0 Å². The van der Waals surface area contributed by atoms with Crippen molar-refractivity contribution in [2.45, 2.75) is 78.9 Å². The van der Waals surface area contributed by atoms with E-state index in [2.05, 4.69) is 5.18 Å². The Morgan fingerprint density at radius 3 is 1.28 bits per heavy atom. The van der Waals surface area contributed by atoms with Crippen LogP contribution in [0.25, 0.3) is 0 Å². The Bertz CT molecular complexity index is 282. The number of nitroso groups, excluding NO2 is 2. The highest BCUT2D eigenvalue weighted by molar-refractivity contribution is 4.70. The largest absolute Gasteiger partial charge is 0.704 e. The van der Waals surface area contributed by atoms with Crippen molar-refractivity contribution in [3.63, 3.8) is 0 Å². The molecule has 6 nitrogen and oxygen atoms in total. The van der Waals surface area contributed by atoms with Crippen LogP contribution in [0, 0.1) is 15.0 Å². The van der Waals surface area contributed by atoms with Crippen molar-refractivity contribution in [3.05, 3.63) is 15.0 Å². The zero-order chi connectivity index (χ0) is 15.4. The summed E-state index contributed by atoms with van der Waals surface area (Å²) >= 11 is 0. The predicted octanol–water partition coefficient (Wildman–Crippen LogP) is 3.63. The summed E-state index contributed by atoms with van der Waals surface area (Å²) in [6.45, 7) is 15.5. The Hall–Kier alpha value is -1.04. The minimum atomic E-state index is -0.672. The van der Waals surface area contributed by atoms with Crippen molar-refractivity contribution in [1.29, 1.82) is 0 Å². The summed E-state index contributed by atoms with van der Waals surface area (Å²) in [7, 11) is 0. The summed E-state index contributed by atoms with van der Waals surface area (Å²) < 4.78 is 0. The van der Waals surface area contributed by atoms with Gasteiger partial charge in [0.05, 0.1) is 16.0 Å². The fourth-order valence-corrected chi connectivity index (χ4v) is 0.545. The molecule has 0 saturated carbocycles. The van der Waals surface area contributed by atoms with E-state index in [1.54, 1.807) is 62.3 Å². The third-order valence-corrected chi connectivity index (χ3v) is 1.59. The topological polar surface area (TPSA) is 75.8 Å². The van der Waals surface area contributed by atoms with Gasteiger partial charge in [0.15, 0.2) is 0 Å². The second-order valence-corrected chi connectivity index (χ2v) is 7.15. The van der Waals surface area contributed by atoms with Crippen LogP contribution in [0.1, 0.15) is 62.3 Å². The number of hydrazine groups is 1. The molecule has 0 saturated heterocycles. The molecule has 108 valence electrons. The summed E-state index contributed by atoms with van der Waals surface area (Å²) in [6, 6.07) is 0. The SMILES string of the molecule is CC(C)(C)N([O-])[N+](=O)C(C)(C)C.CC(C)(C)N=O. The highest BCUT2D eigenvalue weighted by atomic mass is 16.6. The fourth-order valence-electron chi connectivity index (χ4n) is 0.545. The van der Waals surface area contributed by atoms with Crippen LogP contribution >= 0.6 is 0 Å². The lowest BCUT2D eigenvalue weighted by Gasteiger charge is -2.35. The zero-order valence-corrected chi connectivity index (χ0v) is 13.1. The molecule has 0 bridgehead atoms. The second-order valence-electron chi connectivity index (χ2n) is 7.15. The van der Waals surface area contributed by atoms with Crippen molar-refractivity contribution >= 4 is 0 Å². The van der Waals surface area contributed by atoms with Gasteiger partial charge >= 0.3 is 0 Å². The first kappa shape index (κ1) is 19.3. The van der Waals surface area contributed by atoms with Gasteiger partial charge in [0.2, 0.25) is 5.54 Å². The van der Waals surface area contributed by atoms with Gasteiger partial charge in [-0.25, -0.2) is 0 Å². The van der Waals surface area contributed by atoms with E-state index in [0.29, 0.717) is 10.0 Å². The van der Waals surface area contributed by atoms with E-state index >= 15 is 0 Å². The molecular weight excluding hydrogens is 234 g/mol. The molecular formula is C12H27N3O3. The van der Waals surface area contributed by atoms with Crippen LogP contribution in [0.2, 0.25) is 0 Å². The molecule has 0 aliphatic carbocycles. The minimum Gasteiger partial charge on any atom is -0.704 e. The summed E-state index contributed by atoms with van der Waals surface area (Å²) in [5.74, 6) is 0. The Kier molecular flexibility index (Phi) is 6.67. The van der Waals surface area contributed by atoms with Gasteiger partial charge in [0.1, 0.15) is 4.87 Å². The summed E-state index contributed by atoms with van der Waals surface area (Å²) in [6.07, 6.45) is 0. The molecule has 0 rings (SSSR count). The van der Waals surface area contributed by atoms with Crippen LogP contribution in [0.15, 0.2) is 5.18 Å². The summed E-state index contributed by atoms with van der Waals surface area (Å²) in [4.78, 5) is 21.4. The van der Waals surface area contributed by atoms with E-state index in [1.165, 1.54) is 0 Å². The van der Waals surface area contributed by atoms with Crippen LogP contribution in [-0.4, -0.2) is 26.7 Å². The lowest BCUT2D eigenvalue weighted by molar-refractivity contribution is -0.758. The van der Waals surface area contributed by atoms with Crippen molar-refractivity contribution in [2.24, 2.45) is 5.18 Å². The van der Waals surface area contributed by atoms with Crippen molar-refractivity contribution in [1.82, 2.24) is 5.17 Å². The Morgan fingerprint density at radius 2 is 1.22 bits per heavy atom. The number of hydrogen-bond donors (Lipinski definition) is 0. The predicted molar refractivity (Wildman–Crippen MR) is 73.9 cm³/mol. The molecule has 0 heterocycles. The van der Waals surface area contributed by atoms with Crippen molar-refractivity contribution in [2.75, 3.05) is 0 Å². The average molecular weight is 261 g/mol. The van der Waals surface area contributed by atoms with Crippen LogP contribution in [0.4, 0.5) is 0 Å². The van der Waals surface area contributed by atoms with Gasteiger partial charge in [-0.05, 0) is 41.5 Å². The first-order valence-electron chi connectivity index (χ1n) is 5.92. The zero-order valence-electron chi connectivity index (χ0n) is 13.1. The molecule has 0 N–H and O–H groups in total. The third-order valence-electron chi connectivity index (χ3n) is 1.59. The van der Waals surface area contributed by atoms with Gasteiger partial charge < -0.3 is 5.21 Å². The third kappa shape index (κ3) is 9.04. The summed E-state index contributed by atoms with van der Waals surface area (Å²) in [5.41, 5.74) is -1.73. The lowest BCUT2D eigenvalue weighted by atomic mass is 10.1. The standard InChI is InChI=1S/C8H18N2O2.C4H9NO/c1-7(2,3)9(11)10(12)8(4,5)6;1-4(2,3)5-6/h1-6H3;1-3H3. The normalized spacial score (nSPS) is 12.3. The smallest absolute Gasteiger partial charge is 0.234 e. The van der Waals surface area contributed by atoms with Crippen molar-refractivity contribution < 1.29 is 4.87 Å². The maximum absolute atomic E-state index is 11.3. The van der Waals surface area contributed by atoms with E-state index in [0.717, 1.165) is 0 Å². The Morgan fingerprint density at radius 1 is 0.944 bits per heavy atom. The molecule has 6 heteroatoms. The number of nitrogens with zero attached hydrogens (tertiary/aromatic N) is 3. The van der Waals surface area contributed by atoms with Crippen LogP contribution in [-0.2, 0) is 0 Å². The number of hydrogen-bond acceptors (Lipinski definition) is 4. The molecule has 0 fully saturated rings. The highest BCUT2D eigenvalue weighted by Gasteiger charge is 2.36. The van der Waals surface area contributed by atoms with Crippen LogP contribution < -0.4 is 0 Å². The maximum Gasteiger partial charge on any atom is 0.234 e. The molecule has 0 spiro atoms. The fraction of sp³-hybridized carbons (Fsp3) is 1.00. The van der Waals surface area contributed by atoms with Gasteiger partial charge in [0, 0.05) is 20.8 Å². The second kappa shape index (κ2) is 6.22. The highest BCUT2D eigenvalue weighted by Crippen LogP contribution is 2.17. The average Bonchev–Trinajstić information content (AvgIpc) is 2.12. The number of hydroxylamine groups is 1. The molecule has 0 amide bonds. The Balaban J connectivity index is 0. The lowest BCUT2D eigenvalue weighted by Crippen LogP contribution is -2.49. The van der Waals surface area contributed by atoms with E-state index < -0.39 is 11.1 Å². The molecule has 0 aromatic carbocycles. The van der Waals surface area contributed by atoms with Gasteiger partial charge in [-0.1, -0.05) is 5.18 Å². The first-order valence-corrected chi connectivity index (χ1v) is 5.92. The Labute approximate surface area is 110 Å². The molecule has 0 atom stereocenters. The van der Waals surface area contributed by atoms with Gasteiger partial charge in [-0.3, -0.25) is 0 Å². The van der Waals surface area contributed by atoms with E-state index in [4.69, 9.17) is 0 Å². The van der Waals surface area contributed by atoms with Gasteiger partial charge in [0.25, 0.3) is 0 Å². The molecule has 0 aliphatic rings. The molecule has 0 unspecified atom stereocenters. The monoisotopic (exact) mass is 261 g/mol. The summed E-state index contributed by atoms with van der Waals surface area (Å²) in [5, 5.41) is 14.6.